The molecule has 0 saturated carbocycles. The second-order valence-corrected chi connectivity index (χ2v) is 7.10. The molecular weight excluding hydrogens is 387 g/mol. The van der Waals surface area contributed by atoms with Gasteiger partial charge in [-0.1, -0.05) is 0 Å². The summed E-state index contributed by atoms with van der Waals surface area (Å²) in [6.07, 6.45) is 1.12. The van der Waals surface area contributed by atoms with Crippen LogP contribution < -0.4 is 5.32 Å². The first-order chi connectivity index (χ1) is 13.8. The highest BCUT2D eigenvalue weighted by molar-refractivity contribution is 5.90. The Morgan fingerprint density at radius 2 is 1.97 bits per heavy atom. The van der Waals surface area contributed by atoms with Crippen LogP contribution in [0.25, 0.3) is 0 Å². The van der Waals surface area contributed by atoms with E-state index >= 15 is 0 Å². The van der Waals surface area contributed by atoms with Gasteiger partial charge in [0, 0.05) is 25.2 Å². The van der Waals surface area contributed by atoms with Gasteiger partial charge in [-0.3, -0.25) is 9.59 Å². The fourth-order valence-corrected chi connectivity index (χ4v) is 3.38. The van der Waals surface area contributed by atoms with Gasteiger partial charge in [0.2, 0.25) is 11.8 Å². The summed E-state index contributed by atoms with van der Waals surface area (Å²) in [5, 5.41) is 6.55. The van der Waals surface area contributed by atoms with E-state index in [1.165, 1.54) is 29.5 Å². The number of amides is 2. The number of carbonyl (C=O) groups excluding carboxylic acids is 2. The molecule has 0 bridgehead atoms. The molecular formula is C19H22F3N5O2. The molecule has 1 saturated heterocycles. The first-order valence-corrected chi connectivity index (χ1v) is 9.38. The van der Waals surface area contributed by atoms with E-state index in [1.54, 1.807) is 4.90 Å². The van der Waals surface area contributed by atoms with E-state index in [4.69, 9.17) is 0 Å². The van der Waals surface area contributed by atoms with Crippen molar-refractivity contribution in [2.45, 2.75) is 38.4 Å². The highest BCUT2D eigenvalue weighted by Gasteiger charge is 2.30. The Morgan fingerprint density at radius 3 is 2.62 bits per heavy atom. The van der Waals surface area contributed by atoms with Crippen LogP contribution >= 0.6 is 0 Å². The molecule has 1 atom stereocenters. The summed E-state index contributed by atoms with van der Waals surface area (Å²) in [4.78, 5) is 30.1. The molecule has 1 aliphatic heterocycles. The normalized spacial score (nSPS) is 17.2. The van der Waals surface area contributed by atoms with Crippen LogP contribution in [0, 0.1) is 5.92 Å². The third-order valence-electron chi connectivity index (χ3n) is 4.91. The zero-order valence-corrected chi connectivity index (χ0v) is 15.7. The molecule has 2 amide bonds. The third kappa shape index (κ3) is 6.03. The summed E-state index contributed by atoms with van der Waals surface area (Å²) >= 11 is 0. The van der Waals surface area contributed by atoms with Crippen molar-refractivity contribution in [3.8, 4) is 0 Å². The van der Waals surface area contributed by atoms with E-state index in [0.717, 1.165) is 25.0 Å². The highest BCUT2D eigenvalue weighted by Crippen LogP contribution is 2.30. The fraction of sp³-hybridized carbons (Fsp3) is 0.474. The average molecular weight is 409 g/mol. The van der Waals surface area contributed by atoms with Gasteiger partial charge in [0.15, 0.2) is 0 Å². The van der Waals surface area contributed by atoms with Crippen LogP contribution in [0.1, 0.15) is 31.2 Å². The lowest BCUT2D eigenvalue weighted by molar-refractivity contribution is -0.137. The van der Waals surface area contributed by atoms with Gasteiger partial charge in [0.05, 0.1) is 5.56 Å². The Balaban J connectivity index is 1.44. The van der Waals surface area contributed by atoms with Crippen molar-refractivity contribution in [2.24, 2.45) is 5.92 Å². The topological polar surface area (TPSA) is 80.1 Å². The van der Waals surface area contributed by atoms with Gasteiger partial charge in [-0.15, -0.1) is 0 Å². The average Bonchev–Trinajstić information content (AvgIpc) is 3.19. The van der Waals surface area contributed by atoms with E-state index in [1.807, 2.05) is 0 Å². The second kappa shape index (κ2) is 9.06. The molecule has 2 aromatic rings. The molecule has 1 fully saturated rings. The van der Waals surface area contributed by atoms with Gasteiger partial charge in [-0.2, -0.15) is 18.3 Å². The number of nitrogens with zero attached hydrogens (tertiary/aromatic N) is 4. The Morgan fingerprint density at radius 1 is 1.21 bits per heavy atom. The van der Waals surface area contributed by atoms with Gasteiger partial charge in [0.1, 0.15) is 19.2 Å². The van der Waals surface area contributed by atoms with E-state index in [2.05, 4.69) is 15.4 Å². The number of hydrogen-bond acceptors (Lipinski definition) is 4. The lowest BCUT2D eigenvalue weighted by Gasteiger charge is -2.32. The maximum Gasteiger partial charge on any atom is 0.416 e. The summed E-state index contributed by atoms with van der Waals surface area (Å²) < 4.78 is 39.2. The molecule has 1 aromatic carbocycles. The van der Waals surface area contributed by atoms with Gasteiger partial charge < -0.3 is 10.2 Å². The summed E-state index contributed by atoms with van der Waals surface area (Å²) in [7, 11) is 0. The van der Waals surface area contributed by atoms with Crippen LogP contribution in [0.3, 0.4) is 0 Å². The smallest absolute Gasteiger partial charge is 0.341 e. The number of rotatable bonds is 6. The molecule has 1 aromatic heterocycles. The Kier molecular flexibility index (Phi) is 6.50. The van der Waals surface area contributed by atoms with Gasteiger partial charge in [-0.05, 0) is 49.4 Å². The van der Waals surface area contributed by atoms with Crippen molar-refractivity contribution < 1.29 is 22.8 Å². The number of piperidine rings is 1. The fourth-order valence-electron chi connectivity index (χ4n) is 3.38. The lowest BCUT2D eigenvalue weighted by Crippen LogP contribution is -2.41. The summed E-state index contributed by atoms with van der Waals surface area (Å²) in [6, 6.07) is 4.36. The second-order valence-electron chi connectivity index (χ2n) is 7.10. The minimum atomic E-state index is -4.40. The number of benzene rings is 1. The third-order valence-corrected chi connectivity index (χ3v) is 4.91. The molecule has 0 radical (unpaired) electrons. The van der Waals surface area contributed by atoms with Crippen molar-refractivity contribution >= 4 is 17.5 Å². The molecule has 3 rings (SSSR count). The zero-order valence-electron chi connectivity index (χ0n) is 15.7. The Labute approximate surface area is 165 Å². The van der Waals surface area contributed by atoms with Crippen molar-refractivity contribution in [3.05, 3.63) is 42.5 Å². The van der Waals surface area contributed by atoms with Crippen molar-refractivity contribution in [1.29, 1.82) is 0 Å². The van der Waals surface area contributed by atoms with Crippen LogP contribution in [-0.4, -0.2) is 44.6 Å². The predicted molar refractivity (Wildman–Crippen MR) is 98.6 cm³/mol. The van der Waals surface area contributed by atoms with Crippen LogP contribution in [0.2, 0.25) is 0 Å². The molecule has 156 valence electrons. The molecule has 10 heteroatoms. The first kappa shape index (κ1) is 20.8. The molecule has 7 nitrogen and oxygen atoms in total. The number of halogens is 3. The number of hydrogen-bond donors (Lipinski definition) is 1. The first-order valence-electron chi connectivity index (χ1n) is 9.38. The number of nitrogens with one attached hydrogen (secondary N) is 1. The van der Waals surface area contributed by atoms with Crippen molar-refractivity contribution in [3.63, 3.8) is 0 Å². The molecule has 2 heterocycles. The highest BCUT2D eigenvalue weighted by atomic mass is 19.4. The predicted octanol–water partition coefficient (Wildman–Crippen LogP) is 2.95. The maximum atomic E-state index is 12.6. The minimum Gasteiger partial charge on any atom is -0.341 e. The number of alkyl halides is 3. The molecule has 29 heavy (non-hydrogen) atoms. The minimum absolute atomic E-state index is 0.0330. The van der Waals surface area contributed by atoms with E-state index in [9.17, 15) is 22.8 Å². The number of likely N-dealkylation sites (tertiary alicyclic amines) is 1. The Bertz CT molecular complexity index is 821. The van der Waals surface area contributed by atoms with Crippen molar-refractivity contribution in [1.82, 2.24) is 19.7 Å². The standard InChI is InChI=1S/C19H22F3N5O2/c20-19(21,22)15-4-6-16(7-5-15)25-17(28)8-3-14-2-1-9-26(10-14)18(29)11-27-13-23-12-24-27/h4-7,12-14H,1-3,8-11H2,(H,25,28)/t14-/m0/s1. The lowest BCUT2D eigenvalue weighted by atomic mass is 9.93. The van der Waals surface area contributed by atoms with Gasteiger partial charge in [-0.25, -0.2) is 9.67 Å². The summed E-state index contributed by atoms with van der Waals surface area (Å²) in [5.41, 5.74) is -0.426. The molecule has 1 aliphatic rings. The van der Waals surface area contributed by atoms with E-state index in [-0.39, 0.29) is 30.7 Å². The SMILES string of the molecule is O=C(CC[C@@H]1CCCN(C(=O)Cn2cncn2)C1)Nc1ccc(C(F)(F)F)cc1. The van der Waals surface area contributed by atoms with Crippen LogP contribution in [-0.2, 0) is 22.3 Å². The van der Waals surface area contributed by atoms with Gasteiger partial charge >= 0.3 is 6.18 Å². The maximum absolute atomic E-state index is 12.6. The quantitative estimate of drug-likeness (QED) is 0.796. The Hall–Kier alpha value is -2.91. The molecule has 0 aliphatic carbocycles. The van der Waals surface area contributed by atoms with E-state index in [0.29, 0.717) is 25.2 Å². The van der Waals surface area contributed by atoms with Crippen LogP contribution in [0.15, 0.2) is 36.9 Å². The monoisotopic (exact) mass is 409 g/mol. The number of anilines is 1. The van der Waals surface area contributed by atoms with Crippen molar-refractivity contribution in [2.75, 3.05) is 18.4 Å². The molecule has 1 N–H and O–H groups in total. The summed E-state index contributed by atoms with van der Waals surface area (Å²) in [5.74, 6) is -0.0768. The largest absolute Gasteiger partial charge is 0.416 e. The number of carbonyl (C=O) groups is 2. The zero-order chi connectivity index (χ0) is 20.9. The van der Waals surface area contributed by atoms with E-state index < -0.39 is 11.7 Å². The molecule has 0 spiro atoms. The molecule has 0 unspecified atom stereocenters. The summed E-state index contributed by atoms with van der Waals surface area (Å²) in [6.45, 7) is 1.41. The number of aromatic nitrogens is 3. The van der Waals surface area contributed by atoms with Gasteiger partial charge in [0.25, 0.3) is 0 Å². The van der Waals surface area contributed by atoms with Crippen LogP contribution in [0.5, 0.6) is 0 Å². The van der Waals surface area contributed by atoms with Crippen LogP contribution in [0.4, 0.5) is 18.9 Å².